The smallest absolute Gasteiger partial charge is 0.326 e. The number of carboxylic acid groups (broad SMARTS) is 1. The van der Waals surface area contributed by atoms with E-state index in [1.807, 2.05) is 30.3 Å². The number of hydrogen-bond donors (Lipinski definition) is 4. The molecule has 19 heavy (non-hydrogen) atoms. The third-order valence-corrected chi connectivity index (χ3v) is 2.83. The largest absolute Gasteiger partial charge is 0.480 e. The van der Waals surface area contributed by atoms with Crippen molar-refractivity contribution >= 4 is 22.8 Å². The van der Waals surface area contributed by atoms with Crippen molar-refractivity contribution in [3.8, 4) is 0 Å². The fourth-order valence-corrected chi connectivity index (χ4v) is 1.92. The van der Waals surface area contributed by atoms with Gasteiger partial charge in [-0.25, -0.2) is 4.79 Å². The number of nitrogens with one attached hydrogen (secondary N) is 2. The molecule has 0 saturated carbocycles. The second-order valence-corrected chi connectivity index (χ2v) is 4.25. The van der Waals surface area contributed by atoms with Crippen molar-refractivity contribution in [2.45, 2.75) is 12.5 Å². The number of nitrogens with two attached hydrogens (primary N) is 1. The number of para-hydroxylation sites is 1. The van der Waals surface area contributed by atoms with E-state index in [0.29, 0.717) is 0 Å². The molecule has 0 unspecified atom stereocenters. The predicted octanol–water partition coefficient (Wildman–Crippen LogP) is 0.238. The lowest BCUT2D eigenvalue weighted by Gasteiger charge is -2.12. The average molecular weight is 261 g/mol. The SMILES string of the molecule is NCC(=O)N[C@H](Cc1cc2ccccc2[nH]1)C(=O)O. The summed E-state index contributed by atoms with van der Waals surface area (Å²) in [6, 6.07) is 8.54. The summed E-state index contributed by atoms with van der Waals surface area (Å²) in [6.45, 7) is -0.226. The van der Waals surface area contributed by atoms with E-state index in [-0.39, 0.29) is 13.0 Å². The average Bonchev–Trinajstić information content (AvgIpc) is 2.79. The van der Waals surface area contributed by atoms with Gasteiger partial charge in [0, 0.05) is 17.6 Å². The first kappa shape index (κ1) is 13.1. The van der Waals surface area contributed by atoms with Gasteiger partial charge in [0.1, 0.15) is 6.04 Å². The molecule has 6 heteroatoms. The topological polar surface area (TPSA) is 108 Å². The number of benzene rings is 1. The van der Waals surface area contributed by atoms with Gasteiger partial charge in [-0.15, -0.1) is 0 Å². The van der Waals surface area contributed by atoms with Gasteiger partial charge in [-0.1, -0.05) is 18.2 Å². The van der Waals surface area contributed by atoms with Crippen LogP contribution in [0.3, 0.4) is 0 Å². The highest BCUT2D eigenvalue weighted by atomic mass is 16.4. The second-order valence-electron chi connectivity index (χ2n) is 4.25. The summed E-state index contributed by atoms with van der Waals surface area (Å²) in [4.78, 5) is 25.4. The number of rotatable bonds is 5. The Morgan fingerprint density at radius 3 is 2.74 bits per heavy atom. The maximum absolute atomic E-state index is 11.2. The van der Waals surface area contributed by atoms with E-state index in [2.05, 4.69) is 10.3 Å². The van der Waals surface area contributed by atoms with E-state index in [0.717, 1.165) is 16.6 Å². The highest BCUT2D eigenvalue weighted by Gasteiger charge is 2.20. The maximum atomic E-state index is 11.2. The molecule has 0 aliphatic rings. The summed E-state index contributed by atoms with van der Waals surface area (Å²) in [5.41, 5.74) is 6.85. The number of hydrogen-bond acceptors (Lipinski definition) is 3. The Balaban J connectivity index is 2.16. The minimum absolute atomic E-state index is 0.190. The third kappa shape index (κ3) is 3.11. The van der Waals surface area contributed by atoms with Gasteiger partial charge in [0.15, 0.2) is 0 Å². The van der Waals surface area contributed by atoms with Crippen molar-refractivity contribution in [3.63, 3.8) is 0 Å². The molecule has 0 radical (unpaired) electrons. The molecule has 1 heterocycles. The van der Waals surface area contributed by atoms with Gasteiger partial charge in [0.25, 0.3) is 0 Å². The zero-order valence-electron chi connectivity index (χ0n) is 10.2. The number of carboxylic acids is 1. The van der Waals surface area contributed by atoms with Crippen molar-refractivity contribution in [1.82, 2.24) is 10.3 Å². The first-order valence-electron chi connectivity index (χ1n) is 5.89. The molecule has 2 rings (SSSR count). The number of carbonyl (C=O) groups excluding carboxylic acids is 1. The molecule has 1 atom stereocenters. The Bertz CT molecular complexity index is 573. The normalized spacial score (nSPS) is 12.3. The van der Waals surface area contributed by atoms with Crippen molar-refractivity contribution in [2.75, 3.05) is 6.54 Å². The van der Waals surface area contributed by atoms with Gasteiger partial charge in [-0.05, 0) is 17.5 Å². The molecule has 0 spiro atoms. The molecule has 6 nitrogen and oxygen atoms in total. The first-order chi connectivity index (χ1) is 9.10. The van der Waals surface area contributed by atoms with E-state index in [4.69, 9.17) is 10.8 Å². The van der Waals surface area contributed by atoms with Crippen molar-refractivity contribution in [3.05, 3.63) is 36.0 Å². The van der Waals surface area contributed by atoms with Crippen LogP contribution in [0.1, 0.15) is 5.69 Å². The van der Waals surface area contributed by atoms with Gasteiger partial charge >= 0.3 is 5.97 Å². The summed E-state index contributed by atoms with van der Waals surface area (Å²) >= 11 is 0. The van der Waals surface area contributed by atoms with Crippen LogP contribution in [-0.4, -0.2) is 34.6 Å². The number of fused-ring (bicyclic) bond motifs is 1. The second kappa shape index (κ2) is 5.53. The van der Waals surface area contributed by atoms with Crippen molar-refractivity contribution in [2.24, 2.45) is 5.73 Å². The molecular weight excluding hydrogens is 246 g/mol. The van der Waals surface area contributed by atoms with Crippen LogP contribution in [0.5, 0.6) is 0 Å². The molecule has 2 aromatic rings. The Kier molecular flexibility index (Phi) is 3.82. The third-order valence-electron chi connectivity index (χ3n) is 2.83. The van der Waals surface area contributed by atoms with Gasteiger partial charge in [-0.3, -0.25) is 4.79 Å². The van der Waals surface area contributed by atoms with E-state index in [1.165, 1.54) is 0 Å². The molecule has 1 amide bonds. The van der Waals surface area contributed by atoms with Crippen molar-refractivity contribution in [1.29, 1.82) is 0 Å². The van der Waals surface area contributed by atoms with Crippen LogP contribution in [0.4, 0.5) is 0 Å². The van der Waals surface area contributed by atoms with Crippen LogP contribution >= 0.6 is 0 Å². The van der Waals surface area contributed by atoms with Crippen LogP contribution in [-0.2, 0) is 16.0 Å². The van der Waals surface area contributed by atoms with E-state index in [9.17, 15) is 9.59 Å². The zero-order valence-corrected chi connectivity index (χ0v) is 10.2. The standard InChI is InChI=1S/C13H15N3O3/c14-7-12(17)16-11(13(18)19)6-9-5-8-3-1-2-4-10(8)15-9/h1-5,11,15H,6-7,14H2,(H,16,17)(H,18,19)/t11-/m1/s1. The molecule has 0 aliphatic carbocycles. The van der Waals surface area contributed by atoms with Crippen LogP contribution in [0, 0.1) is 0 Å². The van der Waals surface area contributed by atoms with Crippen LogP contribution in [0.25, 0.3) is 10.9 Å². The summed E-state index contributed by atoms with van der Waals surface area (Å²) in [5.74, 6) is -1.57. The molecule has 0 bridgehead atoms. The van der Waals surface area contributed by atoms with E-state index in [1.54, 1.807) is 0 Å². The summed E-state index contributed by atoms with van der Waals surface area (Å²) in [5, 5.41) is 12.5. The Morgan fingerprint density at radius 2 is 2.11 bits per heavy atom. The molecule has 1 aromatic heterocycles. The number of H-pyrrole nitrogens is 1. The summed E-state index contributed by atoms with van der Waals surface area (Å²) < 4.78 is 0. The van der Waals surface area contributed by atoms with Gasteiger partial charge < -0.3 is 21.1 Å². The summed E-state index contributed by atoms with van der Waals surface area (Å²) in [6.07, 6.45) is 0.190. The lowest BCUT2D eigenvalue weighted by molar-refractivity contribution is -0.141. The quantitative estimate of drug-likeness (QED) is 0.618. The maximum Gasteiger partial charge on any atom is 0.326 e. The lowest BCUT2D eigenvalue weighted by atomic mass is 10.1. The molecule has 100 valence electrons. The predicted molar refractivity (Wildman–Crippen MR) is 70.6 cm³/mol. The fourth-order valence-electron chi connectivity index (χ4n) is 1.92. The zero-order chi connectivity index (χ0) is 13.8. The molecular formula is C13H15N3O3. The Labute approximate surface area is 109 Å². The van der Waals surface area contributed by atoms with Gasteiger partial charge in [-0.2, -0.15) is 0 Å². The minimum atomic E-state index is -1.08. The minimum Gasteiger partial charge on any atom is -0.480 e. The van der Waals surface area contributed by atoms with Gasteiger partial charge in [0.2, 0.25) is 5.91 Å². The monoisotopic (exact) mass is 261 g/mol. The Hall–Kier alpha value is -2.34. The molecule has 0 fully saturated rings. The van der Waals surface area contributed by atoms with Crippen molar-refractivity contribution < 1.29 is 14.7 Å². The number of amides is 1. The molecule has 0 aliphatic heterocycles. The first-order valence-corrected chi connectivity index (χ1v) is 5.89. The molecule has 1 aromatic carbocycles. The highest BCUT2D eigenvalue weighted by molar-refractivity contribution is 5.85. The fraction of sp³-hybridized carbons (Fsp3) is 0.231. The molecule has 5 N–H and O–H groups in total. The van der Waals surface area contributed by atoms with E-state index < -0.39 is 17.9 Å². The van der Waals surface area contributed by atoms with Gasteiger partial charge in [0.05, 0.1) is 6.54 Å². The summed E-state index contributed by atoms with van der Waals surface area (Å²) in [7, 11) is 0. The van der Waals surface area contributed by atoms with Crippen LogP contribution in [0.15, 0.2) is 30.3 Å². The number of aromatic nitrogens is 1. The lowest BCUT2D eigenvalue weighted by Crippen LogP contribution is -2.44. The Morgan fingerprint density at radius 1 is 1.37 bits per heavy atom. The molecule has 0 saturated heterocycles. The van der Waals surface area contributed by atoms with E-state index >= 15 is 0 Å². The highest BCUT2D eigenvalue weighted by Crippen LogP contribution is 2.15. The number of aliphatic carboxylic acids is 1. The number of aromatic amines is 1. The van der Waals surface area contributed by atoms with Crippen LogP contribution in [0.2, 0.25) is 0 Å². The number of carbonyl (C=O) groups is 2. The van der Waals surface area contributed by atoms with Crippen LogP contribution < -0.4 is 11.1 Å².